The van der Waals surface area contributed by atoms with Crippen molar-refractivity contribution >= 4 is 22.6 Å². The minimum absolute atomic E-state index is 0.168. The second-order valence-electron chi connectivity index (χ2n) is 8.14. The topological polar surface area (TPSA) is 125 Å². The number of nitrogens with zero attached hydrogens (tertiary/aromatic N) is 8. The van der Waals surface area contributed by atoms with Crippen LogP contribution in [0.4, 0.5) is 0 Å². The van der Waals surface area contributed by atoms with E-state index in [-0.39, 0.29) is 24.1 Å². The summed E-state index contributed by atoms with van der Waals surface area (Å²) in [6.07, 6.45) is 4.74. The molecule has 1 aliphatic rings. The number of aryl methyl sites for hydroxylation is 1. The summed E-state index contributed by atoms with van der Waals surface area (Å²) in [4.78, 5) is 31.9. The van der Waals surface area contributed by atoms with E-state index in [1.165, 1.54) is 0 Å². The van der Waals surface area contributed by atoms with E-state index >= 15 is 0 Å². The monoisotopic (exact) mass is 440 g/mol. The summed E-state index contributed by atoms with van der Waals surface area (Å²) >= 11 is 0. The van der Waals surface area contributed by atoms with E-state index in [0.717, 1.165) is 23.9 Å². The van der Waals surface area contributed by atoms with Gasteiger partial charge in [0, 0.05) is 31.9 Å². The van der Waals surface area contributed by atoms with Gasteiger partial charge >= 0.3 is 5.69 Å². The zero-order valence-electron chi connectivity index (χ0n) is 18.0. The van der Waals surface area contributed by atoms with Crippen LogP contribution in [0.2, 0.25) is 0 Å². The summed E-state index contributed by atoms with van der Waals surface area (Å²) in [6.45, 7) is 0.951. The van der Waals surface area contributed by atoms with Crippen LogP contribution in [0.15, 0.2) is 41.5 Å². The molecule has 5 rings (SSSR count). The SMILES string of the molecule is Cn1c(=O)n(C2CCCN(C(=O)CC#N)C2)c2nc(-c3cnn4ccc(C#N)cc34)ccc21. The molecule has 0 saturated carbocycles. The van der Waals surface area contributed by atoms with E-state index in [9.17, 15) is 14.9 Å². The predicted molar refractivity (Wildman–Crippen MR) is 119 cm³/mol. The van der Waals surface area contributed by atoms with E-state index in [1.807, 2.05) is 18.2 Å². The molecule has 33 heavy (non-hydrogen) atoms. The maximum Gasteiger partial charge on any atom is 0.330 e. The van der Waals surface area contributed by atoms with Crippen molar-refractivity contribution in [2.75, 3.05) is 13.1 Å². The van der Waals surface area contributed by atoms with Gasteiger partial charge in [0.15, 0.2) is 5.65 Å². The molecule has 0 spiro atoms. The van der Waals surface area contributed by atoms with Gasteiger partial charge in [-0.2, -0.15) is 15.6 Å². The highest BCUT2D eigenvalue weighted by atomic mass is 16.2. The normalized spacial score (nSPS) is 16.1. The Balaban J connectivity index is 1.62. The number of carbonyl (C=O) groups is 1. The third-order valence-corrected chi connectivity index (χ3v) is 6.21. The van der Waals surface area contributed by atoms with Crippen LogP contribution < -0.4 is 5.69 Å². The van der Waals surface area contributed by atoms with Crippen LogP contribution in [-0.4, -0.2) is 47.6 Å². The van der Waals surface area contributed by atoms with Gasteiger partial charge in [-0.25, -0.2) is 14.3 Å². The standard InChI is InChI=1S/C23H20N8O2/c1-28-19-5-4-18(17-13-26-30-10-7-15(12-25)11-20(17)30)27-22(19)31(23(28)33)16-3-2-9-29(14-16)21(32)6-8-24/h4-5,7,10-11,13,16H,2-3,6,9,14H2,1H3. The molecular weight excluding hydrogens is 420 g/mol. The first-order valence-electron chi connectivity index (χ1n) is 10.6. The van der Waals surface area contributed by atoms with Crippen molar-refractivity contribution in [3.8, 4) is 23.4 Å². The van der Waals surface area contributed by atoms with E-state index in [0.29, 0.717) is 35.5 Å². The minimum atomic E-state index is -0.227. The van der Waals surface area contributed by atoms with E-state index in [1.54, 1.807) is 50.1 Å². The quantitative estimate of drug-likeness (QED) is 0.480. The van der Waals surface area contributed by atoms with Crippen LogP contribution in [0.3, 0.4) is 0 Å². The Hall–Kier alpha value is -4.44. The molecule has 4 aromatic heterocycles. The smallest absolute Gasteiger partial charge is 0.330 e. The maximum absolute atomic E-state index is 13.2. The lowest BCUT2D eigenvalue weighted by molar-refractivity contribution is -0.131. The number of fused-ring (bicyclic) bond motifs is 2. The molecule has 0 bridgehead atoms. The fourth-order valence-electron chi connectivity index (χ4n) is 4.53. The van der Waals surface area contributed by atoms with Crippen LogP contribution in [-0.2, 0) is 11.8 Å². The number of imidazole rings is 1. The molecular formula is C23H20N8O2. The highest BCUT2D eigenvalue weighted by Gasteiger charge is 2.28. The van der Waals surface area contributed by atoms with Gasteiger partial charge in [-0.3, -0.25) is 13.9 Å². The molecule has 1 amide bonds. The number of piperidine rings is 1. The molecule has 1 aliphatic heterocycles. The van der Waals surface area contributed by atoms with Crippen LogP contribution >= 0.6 is 0 Å². The van der Waals surface area contributed by atoms with Gasteiger partial charge in [-0.15, -0.1) is 0 Å². The average Bonchev–Trinajstić information content (AvgIpc) is 3.37. The Labute approximate surface area is 188 Å². The van der Waals surface area contributed by atoms with E-state index in [2.05, 4.69) is 11.2 Å². The van der Waals surface area contributed by atoms with Crippen molar-refractivity contribution in [3.63, 3.8) is 0 Å². The number of pyridine rings is 2. The van der Waals surface area contributed by atoms with Gasteiger partial charge in [0.2, 0.25) is 5.91 Å². The lowest BCUT2D eigenvalue weighted by Gasteiger charge is -2.32. The molecule has 164 valence electrons. The van der Waals surface area contributed by atoms with Crippen molar-refractivity contribution in [1.29, 1.82) is 10.5 Å². The van der Waals surface area contributed by atoms with Crippen LogP contribution in [0.1, 0.15) is 30.9 Å². The third kappa shape index (κ3) is 3.33. The number of nitriles is 2. The Kier molecular flexibility index (Phi) is 4.91. The Morgan fingerprint density at radius 2 is 2.09 bits per heavy atom. The molecule has 0 radical (unpaired) electrons. The second kappa shape index (κ2) is 7.92. The number of aromatic nitrogens is 5. The molecule has 4 aromatic rings. The Morgan fingerprint density at radius 1 is 1.24 bits per heavy atom. The largest absolute Gasteiger partial charge is 0.340 e. The third-order valence-electron chi connectivity index (χ3n) is 6.21. The Morgan fingerprint density at radius 3 is 2.88 bits per heavy atom. The van der Waals surface area contributed by atoms with Crippen molar-refractivity contribution in [2.24, 2.45) is 7.05 Å². The number of likely N-dealkylation sites (tertiary alicyclic amines) is 1. The van der Waals surface area contributed by atoms with E-state index < -0.39 is 0 Å². The zero-order chi connectivity index (χ0) is 23.1. The molecule has 0 aromatic carbocycles. The molecule has 1 unspecified atom stereocenters. The summed E-state index contributed by atoms with van der Waals surface area (Å²) in [5, 5.41) is 22.5. The maximum atomic E-state index is 13.2. The first-order chi connectivity index (χ1) is 16.0. The molecule has 0 N–H and O–H groups in total. The van der Waals surface area contributed by atoms with Gasteiger partial charge in [-0.1, -0.05) is 0 Å². The Bertz CT molecular complexity index is 1540. The predicted octanol–water partition coefficient (Wildman–Crippen LogP) is 2.00. The fourth-order valence-corrected chi connectivity index (χ4v) is 4.53. The fraction of sp³-hybridized carbons (Fsp3) is 0.304. The molecule has 1 fully saturated rings. The van der Waals surface area contributed by atoms with Crippen molar-refractivity contribution in [1.82, 2.24) is 28.6 Å². The van der Waals surface area contributed by atoms with Crippen LogP contribution in [0.25, 0.3) is 27.9 Å². The molecule has 1 saturated heterocycles. The lowest BCUT2D eigenvalue weighted by atomic mass is 10.0. The minimum Gasteiger partial charge on any atom is -0.340 e. The average molecular weight is 440 g/mol. The summed E-state index contributed by atoms with van der Waals surface area (Å²) in [7, 11) is 1.71. The molecule has 1 atom stereocenters. The van der Waals surface area contributed by atoms with Gasteiger partial charge in [0.05, 0.1) is 46.7 Å². The molecule has 10 nitrogen and oxygen atoms in total. The summed E-state index contributed by atoms with van der Waals surface area (Å²) in [5.74, 6) is -0.219. The number of carbonyl (C=O) groups excluding carboxylic acids is 1. The van der Waals surface area contributed by atoms with Crippen molar-refractivity contribution in [3.05, 3.63) is 52.7 Å². The molecule has 0 aliphatic carbocycles. The molecule has 5 heterocycles. The van der Waals surface area contributed by atoms with Crippen molar-refractivity contribution in [2.45, 2.75) is 25.3 Å². The number of hydrogen-bond acceptors (Lipinski definition) is 6. The highest BCUT2D eigenvalue weighted by Crippen LogP contribution is 2.28. The lowest BCUT2D eigenvalue weighted by Crippen LogP contribution is -2.42. The first kappa shape index (κ1) is 20.5. The highest BCUT2D eigenvalue weighted by molar-refractivity contribution is 5.83. The molecule has 10 heteroatoms. The number of rotatable bonds is 3. The summed E-state index contributed by atoms with van der Waals surface area (Å²) in [5.41, 5.74) is 3.70. The number of amides is 1. The van der Waals surface area contributed by atoms with Gasteiger partial charge in [0.25, 0.3) is 0 Å². The van der Waals surface area contributed by atoms with Gasteiger partial charge < -0.3 is 4.90 Å². The second-order valence-corrected chi connectivity index (χ2v) is 8.14. The summed E-state index contributed by atoms with van der Waals surface area (Å²) in [6, 6.07) is 11.0. The van der Waals surface area contributed by atoms with Gasteiger partial charge in [-0.05, 0) is 37.1 Å². The number of hydrogen-bond donors (Lipinski definition) is 0. The van der Waals surface area contributed by atoms with Crippen LogP contribution in [0, 0.1) is 22.7 Å². The van der Waals surface area contributed by atoms with Crippen LogP contribution in [0.5, 0.6) is 0 Å². The van der Waals surface area contributed by atoms with Crippen molar-refractivity contribution < 1.29 is 4.79 Å². The van der Waals surface area contributed by atoms with Gasteiger partial charge in [0.1, 0.15) is 6.42 Å². The summed E-state index contributed by atoms with van der Waals surface area (Å²) < 4.78 is 4.91. The zero-order valence-corrected chi connectivity index (χ0v) is 18.0. The van der Waals surface area contributed by atoms with E-state index in [4.69, 9.17) is 10.2 Å². The first-order valence-corrected chi connectivity index (χ1v) is 10.6.